The zero-order valence-corrected chi connectivity index (χ0v) is 11.0. The summed E-state index contributed by atoms with van der Waals surface area (Å²) < 4.78 is 13.1. The zero-order valence-electron chi connectivity index (χ0n) is 10.2. The molecular weight excluding hydrogens is 255 g/mol. The fourth-order valence-corrected chi connectivity index (χ4v) is 2.40. The first-order valence-electron chi connectivity index (χ1n) is 6.13. The van der Waals surface area contributed by atoms with E-state index in [1.807, 2.05) is 6.92 Å². The lowest BCUT2D eigenvalue weighted by Gasteiger charge is -2.32. The number of nitrogens with zero attached hydrogens (tertiary/aromatic N) is 1. The second-order valence-corrected chi connectivity index (χ2v) is 4.75. The van der Waals surface area contributed by atoms with E-state index in [0.717, 1.165) is 19.4 Å². The van der Waals surface area contributed by atoms with Gasteiger partial charge in [0.05, 0.1) is 11.1 Å². The molecule has 0 radical (unpaired) electrons. The second-order valence-electron chi connectivity index (χ2n) is 4.34. The van der Waals surface area contributed by atoms with Crippen LogP contribution in [0.25, 0.3) is 0 Å². The molecule has 1 atom stereocenters. The number of anilines is 1. The maximum atomic E-state index is 13.1. The summed E-state index contributed by atoms with van der Waals surface area (Å²) in [5.41, 5.74) is 0.661. The highest BCUT2D eigenvalue weighted by Crippen LogP contribution is 2.25. The van der Waals surface area contributed by atoms with Gasteiger partial charge in [0.1, 0.15) is 5.82 Å². The molecule has 1 saturated heterocycles. The minimum atomic E-state index is -0.465. The monoisotopic (exact) mass is 270 g/mol. The van der Waals surface area contributed by atoms with E-state index in [2.05, 4.69) is 5.32 Å². The standard InChI is InChI=1S/C13H16ClFN2O/c1-2-16-12-4-3-7-17(13(12)18)9-5-6-11(15)10(14)8-9/h5-6,8,12,16H,2-4,7H2,1H3. The zero-order chi connectivity index (χ0) is 13.1. The van der Waals surface area contributed by atoms with Crippen molar-refractivity contribution in [1.29, 1.82) is 0 Å². The predicted octanol–water partition coefficient (Wildman–Crippen LogP) is 2.58. The van der Waals surface area contributed by atoms with Crippen molar-refractivity contribution in [2.75, 3.05) is 18.0 Å². The molecule has 3 nitrogen and oxygen atoms in total. The third-order valence-corrected chi connectivity index (χ3v) is 3.39. The molecule has 1 fully saturated rings. The van der Waals surface area contributed by atoms with Gasteiger partial charge in [-0.2, -0.15) is 0 Å². The molecule has 0 aliphatic carbocycles. The molecule has 0 saturated carbocycles. The van der Waals surface area contributed by atoms with Crippen molar-refractivity contribution in [3.63, 3.8) is 0 Å². The summed E-state index contributed by atoms with van der Waals surface area (Å²) in [5, 5.41) is 3.21. The van der Waals surface area contributed by atoms with Crippen LogP contribution < -0.4 is 10.2 Å². The number of likely N-dealkylation sites (N-methyl/N-ethyl adjacent to an activating group) is 1. The lowest BCUT2D eigenvalue weighted by Crippen LogP contribution is -2.50. The molecule has 0 aromatic heterocycles. The molecule has 5 heteroatoms. The molecule has 1 N–H and O–H groups in total. The first-order valence-corrected chi connectivity index (χ1v) is 6.51. The van der Waals surface area contributed by atoms with Gasteiger partial charge in [0.2, 0.25) is 5.91 Å². The number of carbonyl (C=O) groups is 1. The smallest absolute Gasteiger partial charge is 0.244 e. The van der Waals surface area contributed by atoms with Gasteiger partial charge in [0, 0.05) is 12.2 Å². The van der Waals surface area contributed by atoms with Crippen LogP contribution in [-0.4, -0.2) is 25.0 Å². The Morgan fingerprint density at radius 1 is 1.56 bits per heavy atom. The van der Waals surface area contributed by atoms with Gasteiger partial charge in [0.15, 0.2) is 0 Å². The lowest BCUT2D eigenvalue weighted by molar-refractivity contribution is -0.121. The van der Waals surface area contributed by atoms with E-state index in [4.69, 9.17) is 11.6 Å². The van der Waals surface area contributed by atoms with Gasteiger partial charge in [-0.15, -0.1) is 0 Å². The molecular formula is C13H16ClFN2O. The van der Waals surface area contributed by atoms with Crippen molar-refractivity contribution >= 4 is 23.2 Å². The number of amides is 1. The lowest BCUT2D eigenvalue weighted by atomic mass is 10.0. The van der Waals surface area contributed by atoms with Crippen LogP contribution in [0, 0.1) is 5.82 Å². The first kappa shape index (κ1) is 13.3. The van der Waals surface area contributed by atoms with E-state index < -0.39 is 5.82 Å². The molecule has 18 heavy (non-hydrogen) atoms. The molecule has 1 amide bonds. The molecule has 1 aliphatic rings. The first-order chi connectivity index (χ1) is 8.63. The molecule has 2 rings (SSSR count). The normalized spacial score (nSPS) is 20.3. The maximum absolute atomic E-state index is 13.1. The summed E-state index contributed by atoms with van der Waals surface area (Å²) in [4.78, 5) is 13.9. The highest BCUT2D eigenvalue weighted by Gasteiger charge is 2.29. The maximum Gasteiger partial charge on any atom is 0.244 e. The SMILES string of the molecule is CCNC1CCCN(c2ccc(F)c(Cl)c2)C1=O. The second kappa shape index (κ2) is 5.67. The van der Waals surface area contributed by atoms with Crippen LogP contribution in [0.2, 0.25) is 5.02 Å². The van der Waals surface area contributed by atoms with E-state index in [-0.39, 0.29) is 17.0 Å². The largest absolute Gasteiger partial charge is 0.311 e. The van der Waals surface area contributed by atoms with Crippen LogP contribution in [0.4, 0.5) is 10.1 Å². The van der Waals surface area contributed by atoms with Gasteiger partial charge >= 0.3 is 0 Å². The Balaban J connectivity index is 2.21. The Morgan fingerprint density at radius 2 is 2.33 bits per heavy atom. The Kier molecular flexibility index (Phi) is 4.19. The highest BCUT2D eigenvalue weighted by atomic mass is 35.5. The van der Waals surface area contributed by atoms with E-state index in [0.29, 0.717) is 12.2 Å². The summed E-state index contributed by atoms with van der Waals surface area (Å²) in [6.07, 6.45) is 1.77. The summed E-state index contributed by atoms with van der Waals surface area (Å²) in [5.74, 6) is -0.432. The Labute approximate surface area is 111 Å². The highest BCUT2D eigenvalue weighted by molar-refractivity contribution is 6.31. The molecule has 1 aliphatic heterocycles. The van der Waals surface area contributed by atoms with Crippen LogP contribution in [0.5, 0.6) is 0 Å². The van der Waals surface area contributed by atoms with E-state index in [9.17, 15) is 9.18 Å². The van der Waals surface area contributed by atoms with Gasteiger partial charge in [0.25, 0.3) is 0 Å². The van der Waals surface area contributed by atoms with Gasteiger partial charge in [-0.3, -0.25) is 4.79 Å². The average Bonchev–Trinajstić information content (AvgIpc) is 2.36. The molecule has 1 aromatic carbocycles. The summed E-state index contributed by atoms with van der Waals surface area (Å²) >= 11 is 5.75. The van der Waals surface area contributed by atoms with E-state index in [1.165, 1.54) is 12.1 Å². The van der Waals surface area contributed by atoms with E-state index >= 15 is 0 Å². The Morgan fingerprint density at radius 3 is 3.00 bits per heavy atom. The van der Waals surface area contributed by atoms with Crippen LogP contribution in [0.3, 0.4) is 0 Å². The number of piperidine rings is 1. The fourth-order valence-electron chi connectivity index (χ4n) is 2.22. The minimum Gasteiger partial charge on any atom is -0.311 e. The predicted molar refractivity (Wildman–Crippen MR) is 70.5 cm³/mol. The van der Waals surface area contributed by atoms with Crippen molar-refractivity contribution in [1.82, 2.24) is 5.32 Å². The number of hydrogen-bond donors (Lipinski definition) is 1. The summed E-state index contributed by atoms with van der Waals surface area (Å²) in [7, 11) is 0. The molecule has 1 aromatic rings. The molecule has 98 valence electrons. The van der Waals surface area contributed by atoms with Crippen LogP contribution in [-0.2, 0) is 4.79 Å². The molecule has 0 spiro atoms. The van der Waals surface area contributed by atoms with Gasteiger partial charge < -0.3 is 10.2 Å². The van der Waals surface area contributed by atoms with Crippen molar-refractivity contribution < 1.29 is 9.18 Å². The van der Waals surface area contributed by atoms with E-state index in [1.54, 1.807) is 11.0 Å². The van der Waals surface area contributed by atoms with Crippen LogP contribution in [0.15, 0.2) is 18.2 Å². The van der Waals surface area contributed by atoms with Gasteiger partial charge in [-0.05, 0) is 37.6 Å². The third-order valence-electron chi connectivity index (χ3n) is 3.10. The Bertz CT molecular complexity index is 451. The van der Waals surface area contributed by atoms with Crippen LogP contribution in [0.1, 0.15) is 19.8 Å². The van der Waals surface area contributed by atoms with Gasteiger partial charge in [-0.25, -0.2) is 4.39 Å². The molecule has 0 bridgehead atoms. The number of hydrogen-bond acceptors (Lipinski definition) is 2. The third kappa shape index (κ3) is 2.65. The molecule has 1 unspecified atom stereocenters. The quantitative estimate of drug-likeness (QED) is 0.916. The number of rotatable bonds is 3. The number of halogens is 2. The minimum absolute atomic E-state index is 0.0331. The fraction of sp³-hybridized carbons (Fsp3) is 0.462. The number of carbonyl (C=O) groups excluding carboxylic acids is 1. The van der Waals surface area contributed by atoms with Gasteiger partial charge in [-0.1, -0.05) is 18.5 Å². The summed E-state index contributed by atoms with van der Waals surface area (Å²) in [6.45, 7) is 3.39. The van der Waals surface area contributed by atoms with Crippen LogP contribution >= 0.6 is 11.6 Å². The van der Waals surface area contributed by atoms with Crippen molar-refractivity contribution in [2.24, 2.45) is 0 Å². The average molecular weight is 271 g/mol. The number of nitrogens with one attached hydrogen (secondary N) is 1. The topological polar surface area (TPSA) is 32.3 Å². The van der Waals surface area contributed by atoms with Crippen molar-refractivity contribution in [3.8, 4) is 0 Å². The number of benzene rings is 1. The molecule has 1 heterocycles. The van der Waals surface area contributed by atoms with Crippen molar-refractivity contribution in [2.45, 2.75) is 25.8 Å². The summed E-state index contributed by atoms with van der Waals surface area (Å²) in [6, 6.07) is 4.24. The van der Waals surface area contributed by atoms with Crippen molar-refractivity contribution in [3.05, 3.63) is 29.0 Å². The Hall–Kier alpha value is -1.13.